The standard InChI is InChI=1S/C28H42N4O7/c1-8-16-32(26(36)21(12-13-22(29)33)31-27(37)39-28(5,6)7)24(20-11-10-18(3)17-19(20)4)25(35)30-15-14-23(34)38-9-2/h8,10-11,17,21,24H,1,9,12-16H2,2-7H3,(H2,29,33)(H,30,35)(H,31,37). The molecule has 0 aliphatic carbocycles. The zero-order valence-electron chi connectivity index (χ0n) is 23.8. The maximum atomic E-state index is 13.9. The minimum Gasteiger partial charge on any atom is -0.466 e. The summed E-state index contributed by atoms with van der Waals surface area (Å²) >= 11 is 0. The van der Waals surface area contributed by atoms with Gasteiger partial charge < -0.3 is 30.7 Å². The quantitative estimate of drug-likeness (QED) is 0.239. The van der Waals surface area contributed by atoms with Crippen LogP contribution >= 0.6 is 0 Å². The second-order valence-electron chi connectivity index (χ2n) is 10.1. The molecule has 11 nitrogen and oxygen atoms in total. The Labute approximate surface area is 230 Å². The van der Waals surface area contributed by atoms with Gasteiger partial charge in [-0.2, -0.15) is 0 Å². The summed E-state index contributed by atoms with van der Waals surface area (Å²) in [6.45, 7) is 14.3. The summed E-state index contributed by atoms with van der Waals surface area (Å²) in [5.41, 5.74) is 6.76. The molecule has 0 aromatic heterocycles. The second kappa shape index (κ2) is 15.5. The summed E-state index contributed by atoms with van der Waals surface area (Å²) in [4.78, 5) is 64.6. The van der Waals surface area contributed by atoms with E-state index in [-0.39, 0.29) is 39.0 Å². The van der Waals surface area contributed by atoms with Gasteiger partial charge in [-0.1, -0.05) is 29.8 Å². The number of nitrogens with two attached hydrogens (primary N) is 1. The molecule has 0 heterocycles. The number of nitrogens with zero attached hydrogens (tertiary/aromatic N) is 1. The Morgan fingerprint density at radius 2 is 1.79 bits per heavy atom. The number of carbonyl (C=O) groups is 5. The highest BCUT2D eigenvalue weighted by Crippen LogP contribution is 2.27. The molecule has 0 spiro atoms. The summed E-state index contributed by atoms with van der Waals surface area (Å²) < 4.78 is 10.2. The van der Waals surface area contributed by atoms with Gasteiger partial charge in [0, 0.05) is 19.5 Å². The van der Waals surface area contributed by atoms with Gasteiger partial charge in [-0.05, 0) is 59.1 Å². The lowest BCUT2D eigenvalue weighted by Gasteiger charge is -2.34. The van der Waals surface area contributed by atoms with Crippen molar-refractivity contribution in [2.75, 3.05) is 19.7 Å². The average Bonchev–Trinajstić information content (AvgIpc) is 2.81. The molecular formula is C28H42N4O7. The van der Waals surface area contributed by atoms with Crippen LogP contribution in [-0.4, -0.2) is 66.0 Å². The van der Waals surface area contributed by atoms with Gasteiger partial charge in [-0.15, -0.1) is 6.58 Å². The van der Waals surface area contributed by atoms with Gasteiger partial charge in [-0.3, -0.25) is 19.2 Å². The first-order valence-corrected chi connectivity index (χ1v) is 12.9. The lowest BCUT2D eigenvalue weighted by molar-refractivity contribution is -0.144. The molecule has 11 heteroatoms. The van der Waals surface area contributed by atoms with Crippen LogP contribution < -0.4 is 16.4 Å². The molecule has 216 valence electrons. The van der Waals surface area contributed by atoms with Gasteiger partial charge in [-0.25, -0.2) is 4.79 Å². The summed E-state index contributed by atoms with van der Waals surface area (Å²) in [6, 6.07) is 3.11. The number of alkyl carbamates (subject to hydrolysis) is 1. The molecule has 4 N–H and O–H groups in total. The van der Waals surface area contributed by atoms with E-state index in [9.17, 15) is 24.0 Å². The van der Waals surface area contributed by atoms with Crippen LogP contribution in [0.25, 0.3) is 0 Å². The topological polar surface area (TPSA) is 157 Å². The first kappa shape index (κ1) is 33.1. The van der Waals surface area contributed by atoms with E-state index in [0.29, 0.717) is 5.56 Å². The number of esters is 1. The Bertz CT molecular complexity index is 1050. The minimum absolute atomic E-state index is 0.00351. The van der Waals surface area contributed by atoms with Crippen molar-refractivity contribution in [1.29, 1.82) is 0 Å². The molecule has 0 saturated heterocycles. The van der Waals surface area contributed by atoms with Crippen LogP contribution in [0.3, 0.4) is 0 Å². The maximum Gasteiger partial charge on any atom is 0.408 e. The number of primary amides is 1. The first-order valence-electron chi connectivity index (χ1n) is 12.9. The van der Waals surface area contributed by atoms with E-state index in [0.717, 1.165) is 11.1 Å². The third-order valence-corrected chi connectivity index (χ3v) is 5.49. The number of aryl methyl sites for hydroxylation is 2. The number of nitrogens with one attached hydrogen (secondary N) is 2. The van der Waals surface area contributed by atoms with Crippen molar-refractivity contribution >= 4 is 29.8 Å². The molecule has 39 heavy (non-hydrogen) atoms. The fourth-order valence-electron chi connectivity index (χ4n) is 3.86. The number of carbonyl (C=O) groups excluding carboxylic acids is 5. The van der Waals surface area contributed by atoms with Crippen LogP contribution in [0.15, 0.2) is 30.9 Å². The molecule has 0 aliphatic heterocycles. The predicted octanol–water partition coefficient (Wildman–Crippen LogP) is 2.59. The maximum absolute atomic E-state index is 13.9. The van der Waals surface area contributed by atoms with Crippen LogP contribution in [0.2, 0.25) is 0 Å². The van der Waals surface area contributed by atoms with Crippen LogP contribution in [0.1, 0.15) is 69.7 Å². The number of hydrogen-bond acceptors (Lipinski definition) is 7. The van der Waals surface area contributed by atoms with Crippen molar-refractivity contribution in [1.82, 2.24) is 15.5 Å². The molecule has 0 aliphatic rings. The van der Waals surface area contributed by atoms with Crippen LogP contribution in [-0.2, 0) is 28.7 Å². The molecule has 2 atom stereocenters. The van der Waals surface area contributed by atoms with E-state index in [2.05, 4.69) is 17.2 Å². The van der Waals surface area contributed by atoms with Gasteiger partial charge in [0.15, 0.2) is 0 Å². The molecule has 2 unspecified atom stereocenters. The zero-order valence-corrected chi connectivity index (χ0v) is 23.8. The van der Waals surface area contributed by atoms with E-state index in [1.54, 1.807) is 33.8 Å². The Kier molecular flexibility index (Phi) is 13.2. The van der Waals surface area contributed by atoms with Gasteiger partial charge in [0.1, 0.15) is 17.7 Å². The Balaban J connectivity index is 3.45. The van der Waals surface area contributed by atoms with Gasteiger partial charge in [0.2, 0.25) is 17.7 Å². The SMILES string of the molecule is C=CCN(C(=O)C(CCC(N)=O)NC(=O)OC(C)(C)C)C(C(=O)NCCC(=O)OCC)c1ccc(C)cc1C. The second-order valence-corrected chi connectivity index (χ2v) is 10.1. The van der Waals surface area contributed by atoms with Crippen LogP contribution in [0.5, 0.6) is 0 Å². The molecule has 0 saturated carbocycles. The van der Waals surface area contributed by atoms with Gasteiger partial charge >= 0.3 is 12.1 Å². The first-order chi connectivity index (χ1) is 18.2. The van der Waals surface area contributed by atoms with Crippen molar-refractivity contribution < 1.29 is 33.4 Å². The number of ether oxygens (including phenoxy) is 2. The van der Waals surface area contributed by atoms with E-state index >= 15 is 0 Å². The average molecular weight is 547 g/mol. The highest BCUT2D eigenvalue weighted by molar-refractivity contribution is 5.93. The number of rotatable bonds is 14. The highest BCUT2D eigenvalue weighted by Gasteiger charge is 2.36. The summed E-state index contributed by atoms with van der Waals surface area (Å²) in [5, 5.41) is 5.23. The Morgan fingerprint density at radius 1 is 1.13 bits per heavy atom. The van der Waals surface area contributed by atoms with Crippen LogP contribution in [0.4, 0.5) is 4.79 Å². The van der Waals surface area contributed by atoms with E-state index in [1.807, 2.05) is 26.0 Å². The molecule has 0 radical (unpaired) electrons. The third kappa shape index (κ3) is 11.6. The smallest absolute Gasteiger partial charge is 0.408 e. The number of amides is 4. The lowest BCUT2D eigenvalue weighted by Crippen LogP contribution is -2.53. The van der Waals surface area contributed by atoms with E-state index in [1.165, 1.54) is 11.0 Å². The Hall–Kier alpha value is -3.89. The molecule has 1 aromatic rings. The van der Waals surface area contributed by atoms with Gasteiger partial charge in [0.25, 0.3) is 0 Å². The normalized spacial score (nSPS) is 12.5. The predicted molar refractivity (Wildman–Crippen MR) is 146 cm³/mol. The fourth-order valence-corrected chi connectivity index (χ4v) is 3.86. The van der Waals surface area contributed by atoms with Crippen molar-refractivity contribution in [3.63, 3.8) is 0 Å². The van der Waals surface area contributed by atoms with E-state index in [4.69, 9.17) is 15.2 Å². The zero-order chi connectivity index (χ0) is 29.8. The monoisotopic (exact) mass is 546 g/mol. The van der Waals surface area contributed by atoms with Crippen molar-refractivity contribution in [2.24, 2.45) is 5.73 Å². The van der Waals surface area contributed by atoms with Crippen molar-refractivity contribution in [3.8, 4) is 0 Å². The van der Waals surface area contributed by atoms with Crippen LogP contribution in [0, 0.1) is 13.8 Å². The molecule has 4 amide bonds. The summed E-state index contributed by atoms with van der Waals surface area (Å²) in [5.74, 6) is -2.29. The minimum atomic E-state index is -1.21. The highest BCUT2D eigenvalue weighted by atomic mass is 16.6. The number of benzene rings is 1. The molecule has 1 rings (SSSR count). The van der Waals surface area contributed by atoms with Gasteiger partial charge in [0.05, 0.1) is 13.0 Å². The summed E-state index contributed by atoms with van der Waals surface area (Å²) in [7, 11) is 0. The molecule has 1 aromatic carbocycles. The van der Waals surface area contributed by atoms with Crippen molar-refractivity contribution in [3.05, 3.63) is 47.5 Å². The molecular weight excluding hydrogens is 504 g/mol. The Morgan fingerprint density at radius 3 is 2.33 bits per heavy atom. The molecule has 0 fully saturated rings. The molecule has 0 bridgehead atoms. The van der Waals surface area contributed by atoms with E-state index < -0.39 is 47.5 Å². The fraction of sp³-hybridized carbons (Fsp3) is 0.536. The summed E-state index contributed by atoms with van der Waals surface area (Å²) in [6.07, 6.45) is 0.264. The number of hydrogen-bond donors (Lipinski definition) is 3. The van der Waals surface area contributed by atoms with Crippen molar-refractivity contribution in [2.45, 2.75) is 78.5 Å². The lowest BCUT2D eigenvalue weighted by atomic mass is 9.96. The largest absolute Gasteiger partial charge is 0.466 e. The third-order valence-electron chi connectivity index (χ3n) is 5.49.